The number of hydrogen-bond donors (Lipinski definition) is 2. The fraction of sp³-hybridized carbons (Fsp3) is 0.143. The van der Waals surface area contributed by atoms with E-state index in [9.17, 15) is 9.18 Å². The van der Waals surface area contributed by atoms with Crippen LogP contribution in [0.5, 0.6) is 11.6 Å². The number of hydrogen-bond acceptors (Lipinski definition) is 6. The Morgan fingerprint density at radius 3 is 2.87 bits per heavy atom. The van der Waals surface area contributed by atoms with Crippen molar-refractivity contribution in [2.75, 3.05) is 10.6 Å². The number of fused-ring (bicyclic) bond motifs is 1. The summed E-state index contributed by atoms with van der Waals surface area (Å²) in [6.07, 6.45) is 6.34. The summed E-state index contributed by atoms with van der Waals surface area (Å²) in [5.74, 6) is -0.722. The number of anilines is 3. The molecule has 0 atom stereocenters. The third-order valence-electron chi connectivity index (χ3n) is 4.33. The van der Waals surface area contributed by atoms with Crippen LogP contribution in [0, 0.1) is 5.82 Å². The van der Waals surface area contributed by atoms with Crippen molar-refractivity contribution in [1.82, 2.24) is 24.4 Å². The van der Waals surface area contributed by atoms with Gasteiger partial charge in [0, 0.05) is 30.2 Å². The number of aromatic nitrogens is 5. The summed E-state index contributed by atoms with van der Waals surface area (Å²) in [6, 6.07) is 7.72. The first kappa shape index (κ1) is 20.1. The molecule has 0 aliphatic heterocycles. The van der Waals surface area contributed by atoms with E-state index >= 15 is 0 Å². The fourth-order valence-electron chi connectivity index (χ4n) is 2.81. The largest absolute Gasteiger partial charge is 0.434 e. The van der Waals surface area contributed by atoms with Crippen molar-refractivity contribution >= 4 is 28.7 Å². The maximum Gasteiger partial charge on any atom is 0.248 e. The van der Waals surface area contributed by atoms with Gasteiger partial charge in [-0.1, -0.05) is 6.58 Å². The first-order chi connectivity index (χ1) is 14.9. The zero-order chi connectivity index (χ0) is 22.0. The molecular weight excluding hydrogens is 401 g/mol. The summed E-state index contributed by atoms with van der Waals surface area (Å²) in [7, 11) is 0. The molecule has 0 aliphatic rings. The van der Waals surface area contributed by atoms with E-state index in [0.29, 0.717) is 16.9 Å². The van der Waals surface area contributed by atoms with E-state index in [1.807, 2.05) is 20.0 Å². The topological polar surface area (TPSA) is 98.4 Å². The highest BCUT2D eigenvalue weighted by molar-refractivity contribution is 5.98. The number of ether oxygens (including phenoxy) is 1. The van der Waals surface area contributed by atoms with Crippen LogP contribution >= 0.6 is 0 Å². The smallest absolute Gasteiger partial charge is 0.248 e. The van der Waals surface area contributed by atoms with Crippen LogP contribution in [-0.2, 0) is 4.79 Å². The van der Waals surface area contributed by atoms with Crippen LogP contribution < -0.4 is 15.4 Å². The fourth-order valence-corrected chi connectivity index (χ4v) is 2.81. The van der Waals surface area contributed by atoms with Crippen LogP contribution in [0.3, 0.4) is 0 Å². The van der Waals surface area contributed by atoms with Crippen molar-refractivity contribution in [2.45, 2.75) is 19.9 Å². The van der Waals surface area contributed by atoms with Crippen LogP contribution in [-0.4, -0.2) is 30.3 Å². The van der Waals surface area contributed by atoms with Gasteiger partial charge in [0.25, 0.3) is 0 Å². The van der Waals surface area contributed by atoms with E-state index in [2.05, 4.69) is 32.4 Å². The number of benzene rings is 1. The lowest BCUT2D eigenvalue weighted by Gasteiger charge is -2.11. The van der Waals surface area contributed by atoms with Crippen molar-refractivity contribution in [3.05, 3.63) is 67.4 Å². The van der Waals surface area contributed by atoms with Gasteiger partial charge in [0.1, 0.15) is 5.52 Å². The molecule has 3 heterocycles. The third kappa shape index (κ3) is 4.37. The predicted octanol–water partition coefficient (Wildman–Crippen LogP) is 4.31. The number of halogens is 1. The molecule has 0 saturated heterocycles. The molecule has 9 nitrogen and oxygen atoms in total. The molecule has 3 aromatic heterocycles. The van der Waals surface area contributed by atoms with Gasteiger partial charge in [0.05, 0.1) is 11.9 Å². The quantitative estimate of drug-likeness (QED) is 0.432. The van der Waals surface area contributed by atoms with Gasteiger partial charge in [-0.2, -0.15) is 10.1 Å². The Morgan fingerprint density at radius 2 is 2.13 bits per heavy atom. The minimum atomic E-state index is -0.604. The standard InChI is InChI=1S/C21H20FN7O2/c1-4-19(30)24-14-7-8-16(22)18(10-14)31-20-17-6-5-9-28(17)27-21(26-20)25-15-11-23-29(12-15)13(2)3/h4-13H,1H2,2-3H3,(H,24,30)(H,25,27). The maximum atomic E-state index is 14.4. The summed E-state index contributed by atoms with van der Waals surface area (Å²) in [6.45, 7) is 7.44. The average molecular weight is 421 g/mol. The zero-order valence-corrected chi connectivity index (χ0v) is 16.9. The molecule has 31 heavy (non-hydrogen) atoms. The normalized spacial score (nSPS) is 11.0. The molecule has 4 rings (SSSR count). The van der Waals surface area contributed by atoms with E-state index in [0.717, 1.165) is 6.08 Å². The van der Waals surface area contributed by atoms with E-state index in [1.54, 1.807) is 33.7 Å². The average Bonchev–Trinajstić information content (AvgIpc) is 3.40. The van der Waals surface area contributed by atoms with Crippen LogP contribution in [0.2, 0.25) is 0 Å². The van der Waals surface area contributed by atoms with Gasteiger partial charge in [0.15, 0.2) is 11.6 Å². The van der Waals surface area contributed by atoms with Gasteiger partial charge in [-0.15, -0.1) is 5.10 Å². The summed E-state index contributed by atoms with van der Waals surface area (Å²) in [4.78, 5) is 15.9. The number of nitrogens with one attached hydrogen (secondary N) is 2. The van der Waals surface area contributed by atoms with Crippen LogP contribution in [0.25, 0.3) is 5.52 Å². The lowest BCUT2D eigenvalue weighted by molar-refractivity contribution is -0.111. The van der Waals surface area contributed by atoms with Crippen molar-refractivity contribution in [1.29, 1.82) is 0 Å². The third-order valence-corrected chi connectivity index (χ3v) is 4.33. The number of nitrogens with zero attached hydrogens (tertiary/aromatic N) is 5. The highest BCUT2D eigenvalue weighted by Gasteiger charge is 2.14. The monoisotopic (exact) mass is 421 g/mol. The predicted molar refractivity (Wildman–Crippen MR) is 114 cm³/mol. The summed E-state index contributed by atoms with van der Waals surface area (Å²) < 4.78 is 23.5. The molecule has 0 bridgehead atoms. The molecule has 0 aliphatic carbocycles. The van der Waals surface area contributed by atoms with E-state index in [-0.39, 0.29) is 23.6 Å². The molecule has 158 valence electrons. The Bertz CT molecular complexity index is 1260. The SMILES string of the molecule is C=CC(=O)Nc1ccc(F)c(Oc2nc(Nc3cnn(C(C)C)c3)nn3cccc23)c1. The number of rotatable bonds is 7. The van der Waals surface area contributed by atoms with E-state index < -0.39 is 11.7 Å². The summed E-state index contributed by atoms with van der Waals surface area (Å²) in [5, 5.41) is 14.3. The van der Waals surface area contributed by atoms with Crippen molar-refractivity contribution in [2.24, 2.45) is 0 Å². The number of carbonyl (C=O) groups excluding carboxylic acids is 1. The molecule has 10 heteroatoms. The second-order valence-corrected chi connectivity index (χ2v) is 6.95. The number of carbonyl (C=O) groups is 1. The molecule has 0 unspecified atom stereocenters. The minimum Gasteiger partial charge on any atom is -0.434 e. The molecule has 0 saturated carbocycles. The highest BCUT2D eigenvalue weighted by Crippen LogP contribution is 2.30. The van der Waals surface area contributed by atoms with Gasteiger partial charge in [-0.25, -0.2) is 8.91 Å². The molecule has 1 aromatic carbocycles. The Balaban J connectivity index is 1.66. The van der Waals surface area contributed by atoms with Gasteiger partial charge in [-0.3, -0.25) is 9.48 Å². The molecule has 0 radical (unpaired) electrons. The lowest BCUT2D eigenvalue weighted by atomic mass is 10.3. The van der Waals surface area contributed by atoms with Gasteiger partial charge >= 0.3 is 0 Å². The van der Waals surface area contributed by atoms with Crippen LogP contribution in [0.4, 0.5) is 21.7 Å². The van der Waals surface area contributed by atoms with E-state index in [4.69, 9.17) is 4.74 Å². The van der Waals surface area contributed by atoms with Gasteiger partial charge in [0.2, 0.25) is 17.7 Å². The Hall–Kier alpha value is -4.21. The van der Waals surface area contributed by atoms with Crippen LogP contribution in [0.15, 0.2) is 61.6 Å². The van der Waals surface area contributed by atoms with Crippen molar-refractivity contribution in [3.63, 3.8) is 0 Å². The molecule has 0 fully saturated rings. The second kappa shape index (κ2) is 8.27. The van der Waals surface area contributed by atoms with Crippen molar-refractivity contribution < 1.29 is 13.9 Å². The molecule has 4 aromatic rings. The summed E-state index contributed by atoms with van der Waals surface area (Å²) >= 11 is 0. The van der Waals surface area contributed by atoms with E-state index in [1.165, 1.54) is 18.2 Å². The minimum absolute atomic E-state index is 0.0951. The highest BCUT2D eigenvalue weighted by atomic mass is 19.1. The molecule has 1 amide bonds. The number of amides is 1. The Labute approximate surface area is 177 Å². The Morgan fingerprint density at radius 1 is 1.29 bits per heavy atom. The van der Waals surface area contributed by atoms with Gasteiger partial charge < -0.3 is 15.4 Å². The molecule has 0 spiro atoms. The van der Waals surface area contributed by atoms with Gasteiger partial charge in [-0.05, 0) is 44.2 Å². The summed E-state index contributed by atoms with van der Waals surface area (Å²) in [5.41, 5.74) is 1.61. The zero-order valence-electron chi connectivity index (χ0n) is 16.9. The Kier molecular flexibility index (Phi) is 5.35. The van der Waals surface area contributed by atoms with Crippen LogP contribution in [0.1, 0.15) is 19.9 Å². The lowest BCUT2D eigenvalue weighted by Crippen LogP contribution is -2.08. The second-order valence-electron chi connectivity index (χ2n) is 6.95. The first-order valence-electron chi connectivity index (χ1n) is 9.50. The van der Waals surface area contributed by atoms with Crippen molar-refractivity contribution in [3.8, 4) is 11.6 Å². The molecular formula is C21H20FN7O2. The first-order valence-corrected chi connectivity index (χ1v) is 9.50. The molecule has 2 N–H and O–H groups in total. The maximum absolute atomic E-state index is 14.4.